The van der Waals surface area contributed by atoms with Crippen LogP contribution >= 0.6 is 15.9 Å². The molecule has 0 bridgehead atoms. The van der Waals surface area contributed by atoms with E-state index in [4.69, 9.17) is 0 Å². The van der Waals surface area contributed by atoms with Crippen molar-refractivity contribution in [2.75, 3.05) is 13.1 Å². The number of hydrogen-bond donors (Lipinski definition) is 1. The van der Waals surface area contributed by atoms with E-state index in [1.807, 2.05) is 0 Å². The van der Waals surface area contributed by atoms with Gasteiger partial charge in [-0.2, -0.15) is 0 Å². The lowest BCUT2D eigenvalue weighted by Gasteiger charge is -2.22. The SMILES string of the molecule is CCCCN(Cc1ccc(CNCC)cc1Br)C1CC1. The van der Waals surface area contributed by atoms with Crippen molar-refractivity contribution in [3.8, 4) is 0 Å². The number of nitrogens with one attached hydrogen (secondary N) is 1. The predicted octanol–water partition coefficient (Wildman–Crippen LogP) is 4.32. The van der Waals surface area contributed by atoms with Crippen LogP contribution in [0.15, 0.2) is 22.7 Å². The molecule has 1 aromatic carbocycles. The fraction of sp³-hybridized carbons (Fsp3) is 0.647. The Morgan fingerprint density at radius 2 is 2.10 bits per heavy atom. The molecule has 0 aromatic heterocycles. The number of benzene rings is 1. The Bertz CT molecular complexity index is 415. The van der Waals surface area contributed by atoms with Crippen LogP contribution in [-0.2, 0) is 13.1 Å². The Labute approximate surface area is 132 Å². The zero-order chi connectivity index (χ0) is 14.4. The Morgan fingerprint density at radius 1 is 1.30 bits per heavy atom. The molecule has 1 saturated carbocycles. The minimum absolute atomic E-state index is 0.842. The van der Waals surface area contributed by atoms with Crippen LogP contribution < -0.4 is 5.32 Å². The minimum atomic E-state index is 0.842. The topological polar surface area (TPSA) is 15.3 Å². The van der Waals surface area contributed by atoms with Crippen molar-refractivity contribution in [2.24, 2.45) is 0 Å². The molecule has 0 saturated heterocycles. The molecule has 0 spiro atoms. The fourth-order valence-electron chi connectivity index (χ4n) is 2.51. The second-order valence-corrected chi connectivity index (χ2v) is 6.62. The summed E-state index contributed by atoms with van der Waals surface area (Å²) in [6.45, 7) is 8.73. The van der Waals surface area contributed by atoms with Crippen LogP contribution in [0.3, 0.4) is 0 Å². The number of nitrogens with zero attached hydrogens (tertiary/aromatic N) is 1. The van der Waals surface area contributed by atoms with E-state index in [0.717, 1.165) is 25.7 Å². The van der Waals surface area contributed by atoms with Crippen LogP contribution in [-0.4, -0.2) is 24.0 Å². The first-order valence-electron chi connectivity index (χ1n) is 7.96. The van der Waals surface area contributed by atoms with Crippen LogP contribution in [0.2, 0.25) is 0 Å². The lowest BCUT2D eigenvalue weighted by atomic mass is 10.1. The van der Waals surface area contributed by atoms with E-state index in [2.05, 4.69) is 58.2 Å². The lowest BCUT2D eigenvalue weighted by Crippen LogP contribution is -2.26. The van der Waals surface area contributed by atoms with E-state index >= 15 is 0 Å². The first-order chi connectivity index (χ1) is 9.74. The lowest BCUT2D eigenvalue weighted by molar-refractivity contribution is 0.250. The normalized spacial score (nSPS) is 15.0. The Balaban J connectivity index is 1.96. The van der Waals surface area contributed by atoms with Gasteiger partial charge in [-0.1, -0.05) is 48.3 Å². The number of halogens is 1. The monoisotopic (exact) mass is 338 g/mol. The first-order valence-corrected chi connectivity index (χ1v) is 8.76. The molecule has 112 valence electrons. The van der Waals surface area contributed by atoms with Gasteiger partial charge >= 0.3 is 0 Å². The van der Waals surface area contributed by atoms with Gasteiger partial charge in [0.25, 0.3) is 0 Å². The summed E-state index contributed by atoms with van der Waals surface area (Å²) < 4.78 is 1.26. The number of rotatable bonds is 9. The van der Waals surface area contributed by atoms with E-state index in [9.17, 15) is 0 Å². The standard InChI is InChI=1S/C17H27BrN2/c1-3-5-10-20(16-8-9-16)13-15-7-6-14(11-17(15)18)12-19-4-2/h6-7,11,16,19H,3-5,8-10,12-13H2,1-2H3. The molecule has 0 atom stereocenters. The second kappa shape index (κ2) is 8.16. The maximum absolute atomic E-state index is 3.75. The zero-order valence-corrected chi connectivity index (χ0v) is 14.4. The molecule has 0 aliphatic heterocycles. The third-order valence-electron chi connectivity index (χ3n) is 3.93. The van der Waals surface area contributed by atoms with Crippen molar-refractivity contribution >= 4 is 15.9 Å². The average molecular weight is 339 g/mol. The molecule has 20 heavy (non-hydrogen) atoms. The first kappa shape index (κ1) is 16.0. The van der Waals surface area contributed by atoms with Crippen LogP contribution in [0.1, 0.15) is 50.7 Å². The smallest absolute Gasteiger partial charge is 0.0247 e. The summed E-state index contributed by atoms with van der Waals surface area (Å²) in [5.41, 5.74) is 2.78. The maximum atomic E-state index is 3.75. The summed E-state index contributed by atoms with van der Waals surface area (Å²) in [6, 6.07) is 7.66. The molecule has 0 unspecified atom stereocenters. The van der Waals surface area contributed by atoms with Gasteiger partial charge in [-0.25, -0.2) is 0 Å². The molecule has 2 nitrogen and oxygen atoms in total. The molecule has 0 amide bonds. The molecular weight excluding hydrogens is 312 g/mol. The van der Waals surface area contributed by atoms with E-state index in [1.54, 1.807) is 0 Å². The summed E-state index contributed by atoms with van der Waals surface area (Å²) in [7, 11) is 0. The van der Waals surface area contributed by atoms with Gasteiger partial charge in [0.15, 0.2) is 0 Å². The van der Waals surface area contributed by atoms with Crippen LogP contribution in [0.25, 0.3) is 0 Å². The van der Waals surface area contributed by atoms with Gasteiger partial charge in [-0.15, -0.1) is 0 Å². The van der Waals surface area contributed by atoms with Gasteiger partial charge in [0.1, 0.15) is 0 Å². The third-order valence-corrected chi connectivity index (χ3v) is 4.67. The van der Waals surface area contributed by atoms with Crippen LogP contribution in [0, 0.1) is 0 Å². The molecule has 0 radical (unpaired) electrons. The zero-order valence-electron chi connectivity index (χ0n) is 12.8. The number of hydrogen-bond acceptors (Lipinski definition) is 2. The quantitative estimate of drug-likeness (QED) is 0.721. The fourth-order valence-corrected chi connectivity index (χ4v) is 3.06. The highest BCUT2D eigenvalue weighted by atomic mass is 79.9. The van der Waals surface area contributed by atoms with Crippen molar-refractivity contribution in [2.45, 2.75) is 58.7 Å². The van der Waals surface area contributed by atoms with E-state index in [1.165, 1.54) is 47.8 Å². The molecule has 1 aliphatic rings. The molecule has 3 heteroatoms. The predicted molar refractivity (Wildman–Crippen MR) is 89.9 cm³/mol. The molecular formula is C17H27BrN2. The summed E-state index contributed by atoms with van der Waals surface area (Å²) in [4.78, 5) is 2.66. The molecule has 2 rings (SSSR count). The van der Waals surface area contributed by atoms with Gasteiger partial charge in [0.2, 0.25) is 0 Å². The van der Waals surface area contributed by atoms with Gasteiger partial charge in [0, 0.05) is 23.6 Å². The average Bonchev–Trinajstić information content (AvgIpc) is 3.27. The van der Waals surface area contributed by atoms with Crippen molar-refractivity contribution in [1.29, 1.82) is 0 Å². The Hall–Kier alpha value is -0.380. The highest BCUT2D eigenvalue weighted by Crippen LogP contribution is 2.30. The maximum Gasteiger partial charge on any atom is 0.0247 e. The molecule has 1 aromatic rings. The molecule has 1 N–H and O–H groups in total. The molecule has 0 heterocycles. The highest BCUT2D eigenvalue weighted by molar-refractivity contribution is 9.10. The van der Waals surface area contributed by atoms with Crippen LogP contribution in [0.4, 0.5) is 0 Å². The summed E-state index contributed by atoms with van der Waals surface area (Å²) in [5.74, 6) is 0. The Morgan fingerprint density at radius 3 is 2.70 bits per heavy atom. The van der Waals surface area contributed by atoms with Crippen molar-refractivity contribution in [3.05, 3.63) is 33.8 Å². The van der Waals surface area contributed by atoms with E-state index in [-0.39, 0.29) is 0 Å². The third kappa shape index (κ3) is 4.87. The largest absolute Gasteiger partial charge is 0.313 e. The van der Waals surface area contributed by atoms with Crippen molar-refractivity contribution < 1.29 is 0 Å². The van der Waals surface area contributed by atoms with E-state index < -0.39 is 0 Å². The summed E-state index contributed by atoms with van der Waals surface area (Å²) in [6.07, 6.45) is 5.37. The van der Waals surface area contributed by atoms with E-state index in [0.29, 0.717) is 0 Å². The van der Waals surface area contributed by atoms with Gasteiger partial charge < -0.3 is 5.32 Å². The molecule has 1 aliphatic carbocycles. The molecule has 1 fully saturated rings. The van der Waals surface area contributed by atoms with Crippen LogP contribution in [0.5, 0.6) is 0 Å². The number of unbranched alkanes of at least 4 members (excludes halogenated alkanes) is 1. The summed E-state index contributed by atoms with van der Waals surface area (Å²) in [5, 5.41) is 3.38. The Kier molecular flexibility index (Phi) is 6.53. The summed E-state index contributed by atoms with van der Waals surface area (Å²) >= 11 is 3.75. The minimum Gasteiger partial charge on any atom is -0.313 e. The van der Waals surface area contributed by atoms with Gasteiger partial charge in [-0.3, -0.25) is 4.90 Å². The van der Waals surface area contributed by atoms with Crippen molar-refractivity contribution in [1.82, 2.24) is 10.2 Å². The van der Waals surface area contributed by atoms with Crippen molar-refractivity contribution in [3.63, 3.8) is 0 Å². The highest BCUT2D eigenvalue weighted by Gasteiger charge is 2.28. The van der Waals surface area contributed by atoms with Gasteiger partial charge in [-0.05, 0) is 49.5 Å². The van der Waals surface area contributed by atoms with Gasteiger partial charge in [0.05, 0.1) is 0 Å². The second-order valence-electron chi connectivity index (χ2n) is 5.76.